The Hall–Kier alpha value is -0.770. The highest BCUT2D eigenvalue weighted by atomic mass is 35.5. The van der Waals surface area contributed by atoms with Crippen LogP contribution in [0.4, 0.5) is 0 Å². The van der Waals surface area contributed by atoms with Gasteiger partial charge in [-0.05, 0) is 68.6 Å². The van der Waals surface area contributed by atoms with E-state index >= 15 is 0 Å². The summed E-state index contributed by atoms with van der Waals surface area (Å²) in [6.45, 7) is 6.89. The van der Waals surface area contributed by atoms with E-state index in [9.17, 15) is 0 Å². The van der Waals surface area contributed by atoms with Crippen molar-refractivity contribution in [3.63, 3.8) is 0 Å². The minimum atomic E-state index is 0. The van der Waals surface area contributed by atoms with Gasteiger partial charge in [0, 0.05) is 13.1 Å². The van der Waals surface area contributed by atoms with Gasteiger partial charge in [0.1, 0.15) is 5.75 Å². The SMILES string of the molecule is CCc1cc(OC)ccc1CN1CCCC(CNC)C1.Cl. The van der Waals surface area contributed by atoms with Crippen molar-refractivity contribution in [3.05, 3.63) is 29.3 Å². The minimum absolute atomic E-state index is 0. The third kappa shape index (κ3) is 5.17. The van der Waals surface area contributed by atoms with Gasteiger partial charge in [0.25, 0.3) is 0 Å². The summed E-state index contributed by atoms with van der Waals surface area (Å²) in [5.41, 5.74) is 2.87. The van der Waals surface area contributed by atoms with Crippen LogP contribution in [-0.2, 0) is 13.0 Å². The number of benzene rings is 1. The molecule has 1 aromatic rings. The van der Waals surface area contributed by atoms with Crippen molar-refractivity contribution in [2.45, 2.75) is 32.7 Å². The van der Waals surface area contributed by atoms with Gasteiger partial charge in [-0.25, -0.2) is 0 Å². The summed E-state index contributed by atoms with van der Waals surface area (Å²) in [5, 5.41) is 3.32. The van der Waals surface area contributed by atoms with E-state index in [1.807, 2.05) is 0 Å². The fraction of sp³-hybridized carbons (Fsp3) is 0.647. The summed E-state index contributed by atoms with van der Waals surface area (Å²) < 4.78 is 5.33. The maximum absolute atomic E-state index is 5.33. The van der Waals surface area contributed by atoms with Gasteiger partial charge in [-0.2, -0.15) is 0 Å². The summed E-state index contributed by atoms with van der Waals surface area (Å²) in [7, 11) is 3.79. The summed E-state index contributed by atoms with van der Waals surface area (Å²) >= 11 is 0. The Labute approximate surface area is 135 Å². The molecule has 0 saturated carbocycles. The topological polar surface area (TPSA) is 24.5 Å². The van der Waals surface area contributed by atoms with Crippen LogP contribution in [0.3, 0.4) is 0 Å². The zero-order chi connectivity index (χ0) is 14.4. The molecule has 3 nitrogen and oxygen atoms in total. The third-order valence-corrected chi connectivity index (χ3v) is 4.28. The van der Waals surface area contributed by atoms with Gasteiger partial charge in [0.05, 0.1) is 7.11 Å². The number of piperidine rings is 1. The number of aryl methyl sites for hydroxylation is 1. The van der Waals surface area contributed by atoms with Crippen LogP contribution in [-0.4, -0.2) is 38.7 Å². The standard InChI is InChI=1S/C17H28N2O.ClH/c1-4-15-10-17(20-3)8-7-16(15)13-19-9-5-6-14(12-19)11-18-2;/h7-8,10,14,18H,4-6,9,11-13H2,1-3H3;1H. The maximum atomic E-state index is 5.33. The van der Waals surface area contributed by atoms with Gasteiger partial charge in [-0.15, -0.1) is 12.4 Å². The smallest absolute Gasteiger partial charge is 0.119 e. The molecule has 1 aliphatic rings. The summed E-state index contributed by atoms with van der Waals surface area (Å²) in [6, 6.07) is 6.51. The molecule has 21 heavy (non-hydrogen) atoms. The first-order valence-electron chi connectivity index (χ1n) is 7.79. The van der Waals surface area contributed by atoms with Gasteiger partial charge in [-0.3, -0.25) is 4.90 Å². The number of rotatable bonds is 6. The Morgan fingerprint density at radius 1 is 1.33 bits per heavy atom. The molecule has 4 heteroatoms. The molecule has 1 heterocycles. The van der Waals surface area contributed by atoms with E-state index in [1.165, 1.54) is 37.1 Å². The molecular weight excluding hydrogens is 284 g/mol. The zero-order valence-corrected chi connectivity index (χ0v) is 14.3. The highest BCUT2D eigenvalue weighted by molar-refractivity contribution is 5.85. The van der Waals surface area contributed by atoms with Crippen LogP contribution >= 0.6 is 12.4 Å². The van der Waals surface area contributed by atoms with Crippen molar-refractivity contribution in [2.24, 2.45) is 5.92 Å². The predicted molar refractivity (Wildman–Crippen MR) is 91.5 cm³/mol. The fourth-order valence-electron chi connectivity index (χ4n) is 3.20. The Morgan fingerprint density at radius 3 is 2.81 bits per heavy atom. The second-order valence-electron chi connectivity index (χ2n) is 5.79. The molecule has 0 bridgehead atoms. The fourth-order valence-corrected chi connectivity index (χ4v) is 3.20. The lowest BCUT2D eigenvalue weighted by Gasteiger charge is -2.33. The van der Waals surface area contributed by atoms with E-state index in [1.54, 1.807) is 7.11 Å². The molecule has 120 valence electrons. The number of likely N-dealkylation sites (tertiary alicyclic amines) is 1. The zero-order valence-electron chi connectivity index (χ0n) is 13.5. The molecule has 1 unspecified atom stereocenters. The number of methoxy groups -OCH3 is 1. The molecular formula is C17H29ClN2O. The van der Waals surface area contributed by atoms with Crippen LogP contribution in [0.1, 0.15) is 30.9 Å². The molecule has 1 aromatic carbocycles. The normalized spacial score (nSPS) is 19.1. The van der Waals surface area contributed by atoms with Crippen LogP contribution < -0.4 is 10.1 Å². The van der Waals surface area contributed by atoms with Crippen molar-refractivity contribution < 1.29 is 4.74 Å². The summed E-state index contributed by atoms with van der Waals surface area (Å²) in [4.78, 5) is 2.60. The van der Waals surface area contributed by atoms with Crippen molar-refractivity contribution in [1.82, 2.24) is 10.2 Å². The molecule has 1 saturated heterocycles. The van der Waals surface area contributed by atoms with Gasteiger partial charge in [-0.1, -0.05) is 13.0 Å². The predicted octanol–water partition coefficient (Wildman–Crippen LogP) is 3.11. The van der Waals surface area contributed by atoms with E-state index in [0.29, 0.717) is 0 Å². The van der Waals surface area contributed by atoms with E-state index in [-0.39, 0.29) is 12.4 Å². The lowest BCUT2D eigenvalue weighted by molar-refractivity contribution is 0.166. The van der Waals surface area contributed by atoms with Crippen LogP contribution in [0.2, 0.25) is 0 Å². The molecule has 0 radical (unpaired) electrons. The highest BCUT2D eigenvalue weighted by Crippen LogP contribution is 2.22. The summed E-state index contributed by atoms with van der Waals surface area (Å²) in [6.07, 6.45) is 3.75. The van der Waals surface area contributed by atoms with E-state index in [2.05, 4.69) is 42.4 Å². The maximum Gasteiger partial charge on any atom is 0.119 e. The van der Waals surface area contributed by atoms with Gasteiger partial charge in [0.2, 0.25) is 0 Å². The number of halogens is 1. The molecule has 0 spiro atoms. The Balaban J connectivity index is 0.00000220. The number of hydrogen-bond donors (Lipinski definition) is 1. The van der Waals surface area contributed by atoms with E-state index in [0.717, 1.165) is 31.2 Å². The molecule has 1 aliphatic heterocycles. The average molecular weight is 313 g/mol. The number of ether oxygens (including phenoxy) is 1. The second kappa shape index (κ2) is 9.29. The average Bonchev–Trinajstić information content (AvgIpc) is 2.48. The van der Waals surface area contributed by atoms with Crippen molar-refractivity contribution in [3.8, 4) is 5.75 Å². The van der Waals surface area contributed by atoms with Crippen molar-refractivity contribution >= 4 is 12.4 Å². The highest BCUT2D eigenvalue weighted by Gasteiger charge is 2.19. The van der Waals surface area contributed by atoms with Gasteiger partial charge in [0.15, 0.2) is 0 Å². The van der Waals surface area contributed by atoms with Crippen molar-refractivity contribution in [2.75, 3.05) is 33.8 Å². The first kappa shape index (κ1) is 18.3. The molecule has 1 atom stereocenters. The second-order valence-corrected chi connectivity index (χ2v) is 5.79. The minimum Gasteiger partial charge on any atom is -0.497 e. The Bertz CT molecular complexity index is 423. The lowest BCUT2D eigenvalue weighted by atomic mass is 9.96. The first-order chi connectivity index (χ1) is 9.76. The molecule has 1 N–H and O–H groups in total. The van der Waals surface area contributed by atoms with Crippen LogP contribution in [0, 0.1) is 5.92 Å². The molecule has 2 rings (SSSR count). The lowest BCUT2D eigenvalue weighted by Crippen LogP contribution is -2.38. The van der Waals surface area contributed by atoms with Gasteiger partial charge < -0.3 is 10.1 Å². The number of hydrogen-bond acceptors (Lipinski definition) is 3. The van der Waals surface area contributed by atoms with E-state index in [4.69, 9.17) is 4.74 Å². The largest absolute Gasteiger partial charge is 0.497 e. The Morgan fingerprint density at radius 2 is 2.14 bits per heavy atom. The van der Waals surface area contributed by atoms with Crippen LogP contribution in [0.25, 0.3) is 0 Å². The number of nitrogens with one attached hydrogen (secondary N) is 1. The molecule has 0 aromatic heterocycles. The van der Waals surface area contributed by atoms with Crippen molar-refractivity contribution in [1.29, 1.82) is 0 Å². The van der Waals surface area contributed by atoms with Crippen LogP contribution in [0.5, 0.6) is 5.75 Å². The van der Waals surface area contributed by atoms with Crippen LogP contribution in [0.15, 0.2) is 18.2 Å². The van der Waals surface area contributed by atoms with E-state index < -0.39 is 0 Å². The monoisotopic (exact) mass is 312 g/mol. The number of nitrogens with zero attached hydrogens (tertiary/aromatic N) is 1. The molecule has 0 amide bonds. The quantitative estimate of drug-likeness (QED) is 0.873. The first-order valence-corrected chi connectivity index (χ1v) is 7.79. The summed E-state index contributed by atoms with van der Waals surface area (Å²) in [5.74, 6) is 1.77. The Kier molecular flexibility index (Phi) is 8.09. The molecule has 0 aliphatic carbocycles. The third-order valence-electron chi connectivity index (χ3n) is 4.28. The molecule has 1 fully saturated rings. The van der Waals surface area contributed by atoms with Gasteiger partial charge >= 0.3 is 0 Å².